The van der Waals surface area contributed by atoms with Crippen molar-refractivity contribution in [1.29, 1.82) is 0 Å². The van der Waals surface area contributed by atoms with E-state index in [1.54, 1.807) is 0 Å². The summed E-state index contributed by atoms with van der Waals surface area (Å²) in [5, 5.41) is 16.6. The number of rotatable bonds is 7. The Hall–Kier alpha value is -2.49. The molecule has 7 N–H and O–H groups in total. The van der Waals surface area contributed by atoms with Crippen LogP contribution in [0.2, 0.25) is 0 Å². The molecule has 0 saturated heterocycles. The van der Waals surface area contributed by atoms with Crippen molar-refractivity contribution in [3.8, 4) is 0 Å². The Labute approximate surface area is 186 Å². The number of carbonyl (C=O) groups is 1. The van der Waals surface area contributed by atoms with Gasteiger partial charge in [-0.3, -0.25) is 4.79 Å². The minimum absolute atomic E-state index is 0.145. The van der Waals surface area contributed by atoms with Gasteiger partial charge in [-0.15, -0.1) is 11.3 Å². The molecule has 168 valence electrons. The zero-order valence-electron chi connectivity index (χ0n) is 17.9. The topological polar surface area (TPSA) is 139 Å². The maximum atomic E-state index is 13.2. The van der Waals surface area contributed by atoms with E-state index in [1.165, 1.54) is 24.7 Å². The first kappa shape index (κ1) is 23.2. The number of aromatic nitrogens is 1. The fraction of sp³-hybridized carbons (Fsp3) is 0.500. The van der Waals surface area contributed by atoms with Gasteiger partial charge >= 0.3 is 0 Å². The standard InChI is InChI=1S/C21H27N5O2S.CH5N/c22-12-23-19(24-15-9-8-13(10-15)11-27)18(20(28)25-14-4-3-5-14)21-26-16-6-1-2-7-17(16)29-21;1-2/h1-2,6-7,12-15,24,27H,3-5,8-11H2,(H2,22,23)(H,25,28);2H2,1H3/b19-18-;. The maximum Gasteiger partial charge on any atom is 0.258 e. The van der Waals surface area contributed by atoms with Crippen LogP contribution in [-0.4, -0.2) is 48.1 Å². The second-order valence-corrected chi connectivity index (χ2v) is 8.82. The van der Waals surface area contributed by atoms with E-state index in [1.807, 2.05) is 24.3 Å². The predicted molar refractivity (Wildman–Crippen MR) is 126 cm³/mol. The fourth-order valence-corrected chi connectivity index (χ4v) is 4.92. The number of hydrogen-bond acceptors (Lipinski definition) is 7. The summed E-state index contributed by atoms with van der Waals surface area (Å²) in [5.74, 6) is 0.566. The lowest BCUT2D eigenvalue weighted by Gasteiger charge is -2.27. The molecule has 2 fully saturated rings. The number of nitrogens with zero attached hydrogens (tertiary/aromatic N) is 2. The lowest BCUT2D eigenvalue weighted by molar-refractivity contribution is -0.116. The quantitative estimate of drug-likeness (QED) is 0.251. The van der Waals surface area contributed by atoms with Crippen molar-refractivity contribution >= 4 is 39.4 Å². The molecule has 4 rings (SSSR count). The number of nitrogens with two attached hydrogens (primary N) is 2. The molecule has 0 aliphatic heterocycles. The first-order valence-electron chi connectivity index (χ1n) is 10.8. The molecule has 2 aliphatic rings. The minimum Gasteiger partial charge on any atom is -0.396 e. The van der Waals surface area contributed by atoms with Crippen molar-refractivity contribution < 1.29 is 9.90 Å². The number of nitrogens with one attached hydrogen (secondary N) is 2. The number of para-hydroxylation sites is 1. The van der Waals surface area contributed by atoms with Crippen LogP contribution in [-0.2, 0) is 4.79 Å². The van der Waals surface area contributed by atoms with Gasteiger partial charge in [0.25, 0.3) is 5.91 Å². The van der Waals surface area contributed by atoms with Crippen LogP contribution in [0.1, 0.15) is 43.5 Å². The molecule has 1 aromatic carbocycles. The van der Waals surface area contributed by atoms with Crippen LogP contribution in [0.3, 0.4) is 0 Å². The van der Waals surface area contributed by atoms with E-state index in [4.69, 9.17) is 10.7 Å². The number of fused-ring (bicyclic) bond motifs is 1. The van der Waals surface area contributed by atoms with Gasteiger partial charge in [-0.05, 0) is 63.6 Å². The minimum atomic E-state index is -0.168. The molecule has 0 bridgehead atoms. The molecule has 9 heteroatoms. The van der Waals surface area contributed by atoms with Gasteiger partial charge in [-0.25, -0.2) is 9.98 Å². The molecule has 2 aliphatic carbocycles. The third kappa shape index (κ3) is 5.61. The summed E-state index contributed by atoms with van der Waals surface area (Å²) >= 11 is 1.48. The molecular weight excluding hydrogens is 412 g/mol. The van der Waals surface area contributed by atoms with Gasteiger partial charge in [-0.2, -0.15) is 0 Å². The molecule has 1 amide bonds. The van der Waals surface area contributed by atoms with E-state index in [0.29, 0.717) is 16.4 Å². The van der Waals surface area contributed by atoms with Crippen molar-refractivity contribution in [1.82, 2.24) is 15.6 Å². The Bertz CT molecular complexity index is 904. The van der Waals surface area contributed by atoms with Gasteiger partial charge < -0.3 is 27.2 Å². The average Bonchev–Trinajstić information content (AvgIpc) is 3.39. The average molecular weight is 445 g/mol. The SMILES string of the molecule is CN.N/C=N\C(NC1CCC(CO)C1)=C(/C(=O)NC1CCC1)c1nc2ccccc2s1. The maximum absolute atomic E-state index is 13.2. The summed E-state index contributed by atoms with van der Waals surface area (Å²) in [5.41, 5.74) is 11.4. The number of hydrogen-bond donors (Lipinski definition) is 5. The van der Waals surface area contributed by atoms with Crippen molar-refractivity contribution in [2.24, 2.45) is 22.4 Å². The summed E-state index contributed by atoms with van der Waals surface area (Å²) < 4.78 is 1.02. The Morgan fingerprint density at radius 1 is 1.23 bits per heavy atom. The Morgan fingerprint density at radius 3 is 2.61 bits per heavy atom. The number of aliphatic hydroxyl groups is 1. The monoisotopic (exact) mass is 444 g/mol. The third-order valence-electron chi connectivity index (χ3n) is 5.76. The van der Waals surface area contributed by atoms with E-state index < -0.39 is 0 Å². The number of aliphatic hydroxyl groups excluding tert-OH is 1. The van der Waals surface area contributed by atoms with Crippen molar-refractivity contribution in [2.45, 2.75) is 50.6 Å². The highest BCUT2D eigenvalue weighted by Crippen LogP contribution is 2.31. The summed E-state index contributed by atoms with van der Waals surface area (Å²) in [7, 11) is 1.50. The van der Waals surface area contributed by atoms with Crippen LogP contribution < -0.4 is 22.1 Å². The van der Waals surface area contributed by atoms with Gasteiger partial charge in [0, 0.05) is 18.7 Å². The lowest BCUT2D eigenvalue weighted by Crippen LogP contribution is -2.41. The molecule has 1 aromatic heterocycles. The van der Waals surface area contributed by atoms with Crippen LogP contribution in [0.4, 0.5) is 0 Å². The van der Waals surface area contributed by atoms with E-state index in [9.17, 15) is 9.90 Å². The second kappa shape index (κ2) is 11.2. The summed E-state index contributed by atoms with van der Waals surface area (Å²) in [6, 6.07) is 8.20. The van der Waals surface area contributed by atoms with Crippen LogP contribution in [0.5, 0.6) is 0 Å². The van der Waals surface area contributed by atoms with E-state index in [2.05, 4.69) is 21.4 Å². The first-order valence-corrected chi connectivity index (χ1v) is 11.6. The highest BCUT2D eigenvalue weighted by Gasteiger charge is 2.29. The normalized spacial score (nSPS) is 21.9. The molecule has 31 heavy (non-hydrogen) atoms. The molecule has 0 spiro atoms. The van der Waals surface area contributed by atoms with E-state index >= 15 is 0 Å². The molecule has 2 aromatic rings. The summed E-state index contributed by atoms with van der Waals surface area (Å²) in [4.78, 5) is 22.3. The number of amides is 1. The molecular formula is C22H32N6O2S. The van der Waals surface area contributed by atoms with Gasteiger partial charge in [0.05, 0.1) is 16.6 Å². The van der Waals surface area contributed by atoms with Gasteiger partial charge in [0.2, 0.25) is 0 Å². The van der Waals surface area contributed by atoms with Crippen molar-refractivity contribution in [3.05, 3.63) is 35.1 Å². The van der Waals surface area contributed by atoms with Crippen LogP contribution in [0.25, 0.3) is 15.8 Å². The summed E-state index contributed by atoms with van der Waals surface area (Å²) in [6.45, 7) is 0.185. The number of carbonyl (C=O) groups excluding carboxylic acids is 1. The molecule has 0 radical (unpaired) electrons. The Balaban J connectivity index is 0.00000132. The van der Waals surface area contributed by atoms with E-state index in [-0.39, 0.29) is 30.5 Å². The molecule has 2 saturated carbocycles. The largest absolute Gasteiger partial charge is 0.396 e. The second-order valence-electron chi connectivity index (χ2n) is 7.79. The van der Waals surface area contributed by atoms with Gasteiger partial charge in [0.1, 0.15) is 16.4 Å². The molecule has 8 nitrogen and oxygen atoms in total. The van der Waals surface area contributed by atoms with Crippen LogP contribution in [0, 0.1) is 5.92 Å². The number of aliphatic imine (C=N–C) groups is 1. The zero-order valence-corrected chi connectivity index (χ0v) is 18.7. The van der Waals surface area contributed by atoms with Gasteiger partial charge in [0.15, 0.2) is 0 Å². The van der Waals surface area contributed by atoms with E-state index in [0.717, 1.165) is 48.7 Å². The lowest BCUT2D eigenvalue weighted by atomic mass is 9.93. The van der Waals surface area contributed by atoms with Crippen LogP contribution in [0.15, 0.2) is 35.1 Å². The highest BCUT2D eigenvalue weighted by atomic mass is 32.1. The highest BCUT2D eigenvalue weighted by molar-refractivity contribution is 7.19. The molecule has 1 heterocycles. The summed E-state index contributed by atoms with van der Waals surface area (Å²) in [6.07, 6.45) is 7.08. The Morgan fingerprint density at radius 2 is 2.00 bits per heavy atom. The number of benzene rings is 1. The molecule has 2 atom stereocenters. The third-order valence-corrected chi connectivity index (χ3v) is 6.81. The van der Waals surface area contributed by atoms with Crippen molar-refractivity contribution in [2.75, 3.05) is 13.7 Å². The fourth-order valence-electron chi connectivity index (χ4n) is 3.91. The Kier molecular flexibility index (Phi) is 8.39. The number of thiazole rings is 1. The van der Waals surface area contributed by atoms with Crippen molar-refractivity contribution in [3.63, 3.8) is 0 Å². The smallest absolute Gasteiger partial charge is 0.258 e. The zero-order chi connectivity index (χ0) is 22.2. The predicted octanol–water partition coefficient (Wildman–Crippen LogP) is 1.95. The first-order chi connectivity index (χ1) is 15.2. The van der Waals surface area contributed by atoms with Crippen LogP contribution >= 0.6 is 11.3 Å². The molecule has 2 unspecified atom stereocenters. The van der Waals surface area contributed by atoms with Gasteiger partial charge in [-0.1, -0.05) is 12.1 Å².